The Kier molecular flexibility index (Phi) is 7.84. The normalized spacial score (nSPS) is 36.2. The van der Waals surface area contributed by atoms with E-state index in [-0.39, 0.29) is 37.4 Å². The predicted octanol–water partition coefficient (Wildman–Crippen LogP) is 6.48. The molecule has 1 aliphatic carbocycles. The molecule has 2 unspecified atom stereocenters. The first kappa shape index (κ1) is 24.0. The second kappa shape index (κ2) is 10.4. The molecule has 6 heteroatoms. The monoisotopic (exact) mass is 454 g/mol. The number of hydrogen-bond acceptors (Lipinski definition) is 3. The van der Waals surface area contributed by atoms with E-state index in [2.05, 4.69) is 0 Å². The molecule has 2 atom stereocenters. The number of halogens is 3. The van der Waals surface area contributed by atoms with E-state index in [1.807, 2.05) is 13.8 Å². The molecule has 2 aliphatic heterocycles. The summed E-state index contributed by atoms with van der Waals surface area (Å²) in [6, 6.07) is 3.51. The molecule has 0 amide bonds. The van der Waals surface area contributed by atoms with Crippen LogP contribution < -0.4 is 0 Å². The van der Waals surface area contributed by atoms with E-state index in [0.717, 1.165) is 44.9 Å². The topological polar surface area (TPSA) is 27.7 Å². The molecule has 1 saturated carbocycles. The summed E-state index contributed by atoms with van der Waals surface area (Å²) in [5.74, 6) is -0.667. The number of hydrogen-bond donors (Lipinski definition) is 0. The van der Waals surface area contributed by atoms with Crippen molar-refractivity contribution in [1.82, 2.24) is 0 Å². The molecule has 0 aromatic heterocycles. The second-order valence-electron chi connectivity index (χ2n) is 10.0. The van der Waals surface area contributed by atoms with Crippen molar-refractivity contribution in [1.29, 1.82) is 0 Å². The molecule has 2 saturated heterocycles. The van der Waals surface area contributed by atoms with Gasteiger partial charge in [0.2, 0.25) is 0 Å². The minimum absolute atomic E-state index is 0.0797. The molecule has 2 heterocycles. The van der Waals surface area contributed by atoms with Gasteiger partial charge in [-0.3, -0.25) is 0 Å². The van der Waals surface area contributed by atoms with Gasteiger partial charge in [-0.1, -0.05) is 32.4 Å². The van der Waals surface area contributed by atoms with Crippen molar-refractivity contribution in [2.45, 2.75) is 95.6 Å². The minimum atomic E-state index is -1.36. The van der Waals surface area contributed by atoms with Crippen LogP contribution in [0.15, 0.2) is 12.1 Å². The minimum Gasteiger partial charge on any atom is -0.377 e. The zero-order chi connectivity index (χ0) is 22.7. The van der Waals surface area contributed by atoms with E-state index in [4.69, 9.17) is 14.2 Å². The molecule has 1 aromatic rings. The molecule has 32 heavy (non-hydrogen) atoms. The molecular weight excluding hydrogens is 417 g/mol. The number of benzene rings is 1. The number of alkyl halides is 1. The molecule has 0 spiro atoms. The Morgan fingerprint density at radius 1 is 0.875 bits per heavy atom. The Morgan fingerprint density at radius 3 is 2.16 bits per heavy atom. The van der Waals surface area contributed by atoms with Crippen LogP contribution in [0.5, 0.6) is 0 Å². The summed E-state index contributed by atoms with van der Waals surface area (Å²) in [7, 11) is 0. The van der Waals surface area contributed by atoms with Crippen molar-refractivity contribution in [3.8, 4) is 0 Å². The summed E-state index contributed by atoms with van der Waals surface area (Å²) in [6.45, 7) is 4.58. The van der Waals surface area contributed by atoms with Crippen molar-refractivity contribution in [3.05, 3.63) is 34.9 Å². The highest BCUT2D eigenvalue weighted by molar-refractivity contribution is 5.29. The fraction of sp³-hybridized carbons (Fsp3) is 0.769. The second-order valence-corrected chi connectivity index (χ2v) is 10.0. The quantitative estimate of drug-likeness (QED) is 0.493. The lowest BCUT2D eigenvalue weighted by molar-refractivity contribution is -0.267. The van der Waals surface area contributed by atoms with Crippen molar-refractivity contribution in [2.24, 2.45) is 11.8 Å². The highest BCUT2D eigenvalue weighted by atomic mass is 19.2. The third-order valence-electron chi connectivity index (χ3n) is 7.75. The van der Waals surface area contributed by atoms with Gasteiger partial charge in [-0.25, -0.2) is 13.2 Å². The fourth-order valence-electron chi connectivity index (χ4n) is 5.79. The average molecular weight is 455 g/mol. The third kappa shape index (κ3) is 5.18. The van der Waals surface area contributed by atoms with Gasteiger partial charge in [0, 0.05) is 5.92 Å². The highest BCUT2D eigenvalue weighted by Gasteiger charge is 2.41. The fourth-order valence-corrected chi connectivity index (χ4v) is 5.79. The van der Waals surface area contributed by atoms with Gasteiger partial charge in [0.25, 0.3) is 0 Å². The first-order chi connectivity index (χ1) is 15.4. The number of rotatable bonds is 6. The van der Waals surface area contributed by atoms with Gasteiger partial charge in [-0.15, -0.1) is 0 Å². The van der Waals surface area contributed by atoms with Crippen molar-refractivity contribution in [2.75, 3.05) is 19.8 Å². The summed E-state index contributed by atoms with van der Waals surface area (Å²) >= 11 is 0. The van der Waals surface area contributed by atoms with Gasteiger partial charge in [0.15, 0.2) is 23.6 Å². The Labute approximate surface area is 190 Å². The third-order valence-corrected chi connectivity index (χ3v) is 7.75. The van der Waals surface area contributed by atoms with Crippen LogP contribution in [0, 0.1) is 23.5 Å². The Bertz CT molecular complexity index is 747. The van der Waals surface area contributed by atoms with Crippen LogP contribution in [0.2, 0.25) is 0 Å². The van der Waals surface area contributed by atoms with Gasteiger partial charge in [0.1, 0.15) is 0 Å². The molecule has 0 radical (unpaired) electrons. The van der Waals surface area contributed by atoms with Crippen molar-refractivity contribution < 1.29 is 27.4 Å². The Hall–Kier alpha value is -1.11. The van der Waals surface area contributed by atoms with Gasteiger partial charge in [0.05, 0.1) is 25.9 Å². The Balaban J connectivity index is 1.24. The van der Waals surface area contributed by atoms with Crippen LogP contribution in [0.4, 0.5) is 13.2 Å². The summed E-state index contributed by atoms with van der Waals surface area (Å²) in [4.78, 5) is 0. The molecule has 0 bridgehead atoms. The standard InChI is InChI=1S/C26H37F3O3/c1-3-13-26(29)15-31-25(32-16-26)20-10-12-22(30-14-20)19-7-5-18(6-8-19)21-11-9-17(4-2)23(27)24(21)28/h9,11,18-20,22,25H,3-8,10,12-16H2,1-2H3. The van der Waals surface area contributed by atoms with E-state index >= 15 is 0 Å². The van der Waals surface area contributed by atoms with E-state index in [0.29, 0.717) is 36.5 Å². The predicted molar refractivity (Wildman–Crippen MR) is 117 cm³/mol. The molecule has 180 valence electrons. The van der Waals surface area contributed by atoms with Crippen LogP contribution in [-0.2, 0) is 20.6 Å². The summed E-state index contributed by atoms with van der Waals surface area (Å²) in [6.07, 6.45) is 7.09. The zero-order valence-corrected chi connectivity index (χ0v) is 19.4. The van der Waals surface area contributed by atoms with Crippen LogP contribution in [0.25, 0.3) is 0 Å². The molecule has 3 fully saturated rings. The van der Waals surface area contributed by atoms with Crippen molar-refractivity contribution in [3.63, 3.8) is 0 Å². The van der Waals surface area contributed by atoms with Crippen LogP contribution in [0.1, 0.15) is 82.3 Å². The maximum absolute atomic E-state index is 14.5. The van der Waals surface area contributed by atoms with Crippen LogP contribution in [0.3, 0.4) is 0 Å². The maximum Gasteiger partial charge on any atom is 0.162 e. The highest BCUT2D eigenvalue weighted by Crippen LogP contribution is 2.42. The van der Waals surface area contributed by atoms with E-state index in [1.165, 1.54) is 0 Å². The summed E-state index contributed by atoms with van der Waals surface area (Å²) in [5, 5.41) is 0. The molecule has 0 N–H and O–H groups in total. The Morgan fingerprint density at radius 2 is 1.56 bits per heavy atom. The number of aryl methyl sites for hydroxylation is 1. The zero-order valence-electron chi connectivity index (χ0n) is 19.4. The lowest BCUT2D eigenvalue weighted by Gasteiger charge is -2.42. The molecule has 3 aliphatic rings. The SMILES string of the molecule is CCCC1(F)COC(C2CCC(C3CCC(c4ccc(CC)c(F)c4F)CC3)OC2)OC1. The van der Waals surface area contributed by atoms with Gasteiger partial charge >= 0.3 is 0 Å². The lowest BCUT2D eigenvalue weighted by atomic mass is 9.75. The first-order valence-electron chi connectivity index (χ1n) is 12.4. The first-order valence-corrected chi connectivity index (χ1v) is 12.4. The van der Waals surface area contributed by atoms with E-state index in [1.54, 1.807) is 12.1 Å². The van der Waals surface area contributed by atoms with Crippen LogP contribution in [-0.4, -0.2) is 37.9 Å². The molecule has 1 aromatic carbocycles. The van der Waals surface area contributed by atoms with Gasteiger partial charge in [-0.2, -0.15) is 0 Å². The van der Waals surface area contributed by atoms with Gasteiger partial charge < -0.3 is 14.2 Å². The number of ether oxygens (including phenoxy) is 3. The van der Waals surface area contributed by atoms with Crippen LogP contribution >= 0.6 is 0 Å². The van der Waals surface area contributed by atoms with E-state index < -0.39 is 17.3 Å². The average Bonchev–Trinajstić information content (AvgIpc) is 2.82. The largest absolute Gasteiger partial charge is 0.377 e. The maximum atomic E-state index is 14.5. The summed E-state index contributed by atoms with van der Waals surface area (Å²) < 4.78 is 61.0. The lowest BCUT2D eigenvalue weighted by Crippen LogP contribution is -2.48. The summed E-state index contributed by atoms with van der Waals surface area (Å²) in [5.41, 5.74) is -0.388. The van der Waals surface area contributed by atoms with Gasteiger partial charge in [-0.05, 0) is 74.3 Å². The smallest absolute Gasteiger partial charge is 0.162 e. The van der Waals surface area contributed by atoms with E-state index in [9.17, 15) is 13.2 Å². The molecule has 4 rings (SSSR count). The van der Waals surface area contributed by atoms with Crippen molar-refractivity contribution >= 4 is 0 Å². The molecular formula is C26H37F3O3. The molecule has 3 nitrogen and oxygen atoms in total.